The number of amides is 1. The van der Waals surface area contributed by atoms with Crippen LogP contribution in [0.15, 0.2) is 30.9 Å². The molecule has 1 aromatic carbocycles. The number of halogens is 1. The van der Waals surface area contributed by atoms with E-state index in [1.807, 2.05) is 6.92 Å². The van der Waals surface area contributed by atoms with E-state index in [4.69, 9.17) is 11.6 Å². The van der Waals surface area contributed by atoms with E-state index in [1.54, 1.807) is 29.2 Å². The lowest BCUT2D eigenvalue weighted by Crippen LogP contribution is -2.34. The maximum absolute atomic E-state index is 12.0. The van der Waals surface area contributed by atoms with Gasteiger partial charge in [-0.25, -0.2) is 9.67 Å². The fourth-order valence-electron chi connectivity index (χ4n) is 1.75. The van der Waals surface area contributed by atoms with Crippen LogP contribution in [0.25, 0.3) is 5.69 Å². The molecule has 112 valence electrons. The standard InChI is InChI=1S/C14H18ClN5O/c1-3-10(2)17-7-14(21)19-12-6-11(15)4-5-13(12)20-9-16-8-18-20/h4-6,8-10,17H,3,7H2,1-2H3,(H,19,21). The van der Waals surface area contributed by atoms with Crippen molar-refractivity contribution in [1.82, 2.24) is 20.1 Å². The number of rotatable bonds is 6. The first-order valence-corrected chi connectivity index (χ1v) is 7.15. The number of nitrogens with one attached hydrogen (secondary N) is 2. The first-order chi connectivity index (χ1) is 10.1. The predicted octanol–water partition coefficient (Wildman–Crippen LogP) is 2.25. The third kappa shape index (κ3) is 4.27. The summed E-state index contributed by atoms with van der Waals surface area (Å²) in [5, 5.41) is 10.6. The maximum atomic E-state index is 12.0. The van der Waals surface area contributed by atoms with Crippen molar-refractivity contribution in [2.45, 2.75) is 26.3 Å². The molecule has 0 spiro atoms. The molecule has 0 fully saturated rings. The maximum Gasteiger partial charge on any atom is 0.238 e. The van der Waals surface area contributed by atoms with Gasteiger partial charge in [0, 0.05) is 11.1 Å². The summed E-state index contributed by atoms with van der Waals surface area (Å²) >= 11 is 6.00. The summed E-state index contributed by atoms with van der Waals surface area (Å²) in [5.74, 6) is -0.126. The Bertz CT molecular complexity index is 599. The van der Waals surface area contributed by atoms with Gasteiger partial charge in [-0.1, -0.05) is 18.5 Å². The Kier molecular flexibility index (Phi) is 5.30. The summed E-state index contributed by atoms with van der Waals surface area (Å²) in [7, 11) is 0. The summed E-state index contributed by atoms with van der Waals surface area (Å²) in [6.45, 7) is 4.35. The minimum Gasteiger partial charge on any atom is -0.323 e. The zero-order valence-electron chi connectivity index (χ0n) is 12.0. The molecule has 2 rings (SSSR count). The number of aromatic nitrogens is 3. The molecule has 1 amide bonds. The van der Waals surface area contributed by atoms with Crippen molar-refractivity contribution in [2.24, 2.45) is 0 Å². The third-order valence-electron chi connectivity index (χ3n) is 3.12. The number of nitrogens with zero attached hydrogens (tertiary/aromatic N) is 3. The molecular weight excluding hydrogens is 290 g/mol. The van der Waals surface area contributed by atoms with Crippen molar-refractivity contribution in [1.29, 1.82) is 0 Å². The normalized spacial score (nSPS) is 12.1. The summed E-state index contributed by atoms with van der Waals surface area (Å²) in [6.07, 6.45) is 3.97. The van der Waals surface area contributed by atoms with Crippen LogP contribution < -0.4 is 10.6 Å². The first-order valence-electron chi connectivity index (χ1n) is 6.78. The van der Waals surface area contributed by atoms with E-state index in [9.17, 15) is 4.79 Å². The molecule has 1 atom stereocenters. The first kappa shape index (κ1) is 15.5. The van der Waals surface area contributed by atoms with Gasteiger partial charge in [-0.15, -0.1) is 0 Å². The minimum absolute atomic E-state index is 0.126. The van der Waals surface area contributed by atoms with Crippen LogP contribution in [-0.2, 0) is 4.79 Å². The van der Waals surface area contributed by atoms with E-state index in [1.165, 1.54) is 6.33 Å². The van der Waals surface area contributed by atoms with Gasteiger partial charge in [0.25, 0.3) is 0 Å². The third-order valence-corrected chi connectivity index (χ3v) is 3.36. The molecule has 7 heteroatoms. The lowest BCUT2D eigenvalue weighted by atomic mass is 10.2. The number of hydrogen-bond acceptors (Lipinski definition) is 4. The van der Waals surface area contributed by atoms with Gasteiger partial charge in [0.05, 0.1) is 17.9 Å². The van der Waals surface area contributed by atoms with Gasteiger partial charge < -0.3 is 10.6 Å². The SMILES string of the molecule is CCC(C)NCC(=O)Nc1cc(Cl)ccc1-n1cncn1. The van der Waals surface area contributed by atoms with Gasteiger partial charge in [-0.3, -0.25) is 4.79 Å². The number of benzene rings is 1. The highest BCUT2D eigenvalue weighted by Crippen LogP contribution is 2.23. The van der Waals surface area contributed by atoms with E-state index in [0.29, 0.717) is 22.4 Å². The smallest absolute Gasteiger partial charge is 0.238 e. The lowest BCUT2D eigenvalue weighted by molar-refractivity contribution is -0.115. The Morgan fingerprint density at radius 3 is 2.95 bits per heavy atom. The molecule has 21 heavy (non-hydrogen) atoms. The fraction of sp³-hybridized carbons (Fsp3) is 0.357. The number of hydrogen-bond donors (Lipinski definition) is 2. The molecule has 1 aromatic heterocycles. The van der Waals surface area contributed by atoms with Gasteiger partial charge in [-0.2, -0.15) is 5.10 Å². The Labute approximate surface area is 128 Å². The van der Waals surface area contributed by atoms with Gasteiger partial charge in [0.15, 0.2) is 0 Å². The average Bonchev–Trinajstić information content (AvgIpc) is 2.99. The van der Waals surface area contributed by atoms with Crippen molar-refractivity contribution in [3.8, 4) is 5.69 Å². The van der Waals surface area contributed by atoms with Crippen LogP contribution >= 0.6 is 11.6 Å². The van der Waals surface area contributed by atoms with Crippen LogP contribution in [0.4, 0.5) is 5.69 Å². The zero-order valence-corrected chi connectivity index (χ0v) is 12.8. The molecule has 0 aliphatic rings. The topological polar surface area (TPSA) is 71.8 Å². The van der Waals surface area contributed by atoms with Crippen LogP contribution in [-0.4, -0.2) is 33.3 Å². The van der Waals surface area contributed by atoms with Crippen molar-refractivity contribution < 1.29 is 4.79 Å². The van der Waals surface area contributed by atoms with Crippen LogP contribution in [0.5, 0.6) is 0 Å². The summed E-state index contributed by atoms with van der Waals surface area (Å²) in [4.78, 5) is 15.9. The lowest BCUT2D eigenvalue weighted by Gasteiger charge is -2.13. The van der Waals surface area contributed by atoms with E-state index in [0.717, 1.165) is 6.42 Å². The Morgan fingerprint density at radius 2 is 2.29 bits per heavy atom. The number of carbonyl (C=O) groups excluding carboxylic acids is 1. The summed E-state index contributed by atoms with van der Waals surface area (Å²) in [6, 6.07) is 5.52. The van der Waals surface area contributed by atoms with Crippen LogP contribution in [0.1, 0.15) is 20.3 Å². The quantitative estimate of drug-likeness (QED) is 0.858. The number of carbonyl (C=O) groups is 1. The zero-order chi connectivity index (χ0) is 15.2. The van der Waals surface area contributed by atoms with Crippen molar-refractivity contribution in [2.75, 3.05) is 11.9 Å². The van der Waals surface area contributed by atoms with Crippen molar-refractivity contribution in [3.05, 3.63) is 35.9 Å². The number of anilines is 1. The second-order valence-electron chi connectivity index (χ2n) is 4.74. The highest BCUT2D eigenvalue weighted by atomic mass is 35.5. The van der Waals surface area contributed by atoms with E-state index >= 15 is 0 Å². The molecule has 0 aliphatic heterocycles. The largest absolute Gasteiger partial charge is 0.323 e. The molecule has 0 aliphatic carbocycles. The summed E-state index contributed by atoms with van der Waals surface area (Å²) in [5.41, 5.74) is 1.32. The molecule has 0 radical (unpaired) electrons. The second kappa shape index (κ2) is 7.19. The molecular formula is C14H18ClN5O. The monoisotopic (exact) mass is 307 g/mol. The van der Waals surface area contributed by atoms with E-state index < -0.39 is 0 Å². The molecule has 1 unspecified atom stereocenters. The molecule has 2 N–H and O–H groups in total. The Morgan fingerprint density at radius 1 is 1.48 bits per heavy atom. The van der Waals surface area contributed by atoms with Gasteiger partial charge in [-0.05, 0) is 31.5 Å². The molecule has 0 bridgehead atoms. The van der Waals surface area contributed by atoms with Gasteiger partial charge >= 0.3 is 0 Å². The predicted molar refractivity (Wildman–Crippen MR) is 82.8 cm³/mol. The van der Waals surface area contributed by atoms with Gasteiger partial charge in [0.2, 0.25) is 5.91 Å². The minimum atomic E-state index is -0.126. The summed E-state index contributed by atoms with van der Waals surface area (Å²) < 4.78 is 1.58. The van der Waals surface area contributed by atoms with Gasteiger partial charge in [0.1, 0.15) is 12.7 Å². The Hall–Kier alpha value is -1.92. The van der Waals surface area contributed by atoms with Crippen molar-refractivity contribution in [3.63, 3.8) is 0 Å². The van der Waals surface area contributed by atoms with Crippen molar-refractivity contribution >= 4 is 23.2 Å². The fourth-order valence-corrected chi connectivity index (χ4v) is 1.92. The molecule has 1 heterocycles. The second-order valence-corrected chi connectivity index (χ2v) is 5.18. The molecule has 0 saturated carbocycles. The van der Waals surface area contributed by atoms with Crippen LogP contribution in [0.3, 0.4) is 0 Å². The average molecular weight is 308 g/mol. The Balaban J connectivity index is 2.12. The molecule has 0 saturated heterocycles. The van der Waals surface area contributed by atoms with E-state index in [-0.39, 0.29) is 12.5 Å². The molecule has 2 aromatic rings. The van der Waals surface area contributed by atoms with Crippen LogP contribution in [0, 0.1) is 0 Å². The van der Waals surface area contributed by atoms with Crippen LogP contribution in [0.2, 0.25) is 5.02 Å². The highest BCUT2D eigenvalue weighted by molar-refractivity contribution is 6.31. The van der Waals surface area contributed by atoms with E-state index in [2.05, 4.69) is 27.6 Å². The molecule has 6 nitrogen and oxygen atoms in total. The highest BCUT2D eigenvalue weighted by Gasteiger charge is 2.10.